The van der Waals surface area contributed by atoms with Crippen LogP contribution in [0.4, 0.5) is 0 Å². The molecule has 1 unspecified atom stereocenters. The summed E-state index contributed by atoms with van der Waals surface area (Å²) in [5.41, 5.74) is 4.33. The monoisotopic (exact) mass is 309 g/mol. The van der Waals surface area contributed by atoms with Crippen LogP contribution in [0, 0.1) is 0 Å². The van der Waals surface area contributed by atoms with Crippen LogP contribution in [0.3, 0.4) is 0 Å². The molecule has 0 radical (unpaired) electrons. The van der Waals surface area contributed by atoms with Crippen molar-refractivity contribution in [2.24, 2.45) is 0 Å². The first-order chi connectivity index (χ1) is 11.2. The quantitative estimate of drug-likeness (QED) is 0.772. The molecule has 0 aromatic heterocycles. The fourth-order valence-corrected chi connectivity index (χ4v) is 3.67. The van der Waals surface area contributed by atoms with Gasteiger partial charge >= 0.3 is 0 Å². The van der Waals surface area contributed by atoms with Crippen molar-refractivity contribution in [3.8, 4) is 5.75 Å². The van der Waals surface area contributed by atoms with Crippen molar-refractivity contribution in [1.29, 1.82) is 0 Å². The molecule has 2 aromatic rings. The van der Waals surface area contributed by atoms with Gasteiger partial charge in [0.25, 0.3) is 0 Å². The summed E-state index contributed by atoms with van der Waals surface area (Å²) in [4.78, 5) is 2.63. The summed E-state index contributed by atoms with van der Waals surface area (Å²) in [6.07, 6.45) is 3.68. The molecule has 0 saturated heterocycles. The number of aryl methyl sites for hydroxylation is 1. The lowest BCUT2D eigenvalue weighted by molar-refractivity contribution is 0.129. The predicted molar refractivity (Wildman–Crippen MR) is 95.8 cm³/mol. The van der Waals surface area contributed by atoms with E-state index in [1.165, 1.54) is 36.0 Å². The van der Waals surface area contributed by atoms with Gasteiger partial charge in [-0.3, -0.25) is 4.90 Å². The molecule has 1 aliphatic rings. The second kappa shape index (κ2) is 7.18. The zero-order valence-corrected chi connectivity index (χ0v) is 14.5. The molecule has 0 heterocycles. The zero-order chi connectivity index (χ0) is 16.2. The summed E-state index contributed by atoms with van der Waals surface area (Å²) >= 11 is 0. The number of methoxy groups -OCH3 is 1. The third kappa shape index (κ3) is 3.59. The molecule has 0 aliphatic heterocycles. The largest absolute Gasteiger partial charge is 0.497 e. The van der Waals surface area contributed by atoms with Gasteiger partial charge in [0, 0.05) is 18.6 Å². The second-order valence-electron chi connectivity index (χ2n) is 6.72. The molecular weight excluding hydrogens is 282 g/mol. The van der Waals surface area contributed by atoms with E-state index in [0.717, 1.165) is 12.3 Å². The van der Waals surface area contributed by atoms with Crippen molar-refractivity contribution in [2.45, 2.75) is 51.7 Å². The van der Waals surface area contributed by atoms with E-state index in [9.17, 15) is 0 Å². The lowest BCUT2D eigenvalue weighted by atomic mass is 9.86. The summed E-state index contributed by atoms with van der Waals surface area (Å²) in [5.74, 6) is 0.971. The maximum Gasteiger partial charge on any atom is 0.119 e. The number of rotatable bonds is 5. The number of fused-ring (bicyclic) bond motifs is 1. The Morgan fingerprint density at radius 1 is 1.13 bits per heavy atom. The van der Waals surface area contributed by atoms with E-state index in [0.29, 0.717) is 12.1 Å². The fraction of sp³-hybridized carbons (Fsp3) is 0.429. The van der Waals surface area contributed by atoms with Crippen molar-refractivity contribution in [3.05, 3.63) is 65.2 Å². The van der Waals surface area contributed by atoms with Crippen LogP contribution in [0.2, 0.25) is 0 Å². The molecule has 0 amide bonds. The van der Waals surface area contributed by atoms with Gasteiger partial charge < -0.3 is 4.74 Å². The van der Waals surface area contributed by atoms with Crippen LogP contribution in [-0.2, 0) is 13.0 Å². The van der Waals surface area contributed by atoms with Crippen molar-refractivity contribution >= 4 is 0 Å². The Hall–Kier alpha value is -1.80. The van der Waals surface area contributed by atoms with Crippen molar-refractivity contribution < 1.29 is 4.74 Å². The topological polar surface area (TPSA) is 12.5 Å². The van der Waals surface area contributed by atoms with E-state index in [-0.39, 0.29) is 0 Å². The summed E-state index contributed by atoms with van der Waals surface area (Å²) < 4.78 is 5.47. The zero-order valence-electron chi connectivity index (χ0n) is 14.5. The van der Waals surface area contributed by atoms with Gasteiger partial charge in [-0.05, 0) is 61.9 Å². The minimum absolute atomic E-state index is 0.481. The normalized spacial score (nSPS) is 17.3. The third-order valence-corrected chi connectivity index (χ3v) is 4.91. The first-order valence-corrected chi connectivity index (χ1v) is 8.65. The lowest BCUT2D eigenvalue weighted by Crippen LogP contribution is -2.36. The van der Waals surface area contributed by atoms with Gasteiger partial charge in [0.1, 0.15) is 5.75 Å². The Labute approximate surface area is 140 Å². The molecule has 1 aliphatic carbocycles. The summed E-state index contributed by atoms with van der Waals surface area (Å²) in [7, 11) is 1.75. The van der Waals surface area contributed by atoms with Gasteiger partial charge in [0.2, 0.25) is 0 Å². The van der Waals surface area contributed by atoms with Crippen LogP contribution in [0.15, 0.2) is 48.5 Å². The number of nitrogens with zero attached hydrogens (tertiary/aromatic N) is 1. The van der Waals surface area contributed by atoms with Gasteiger partial charge in [0.05, 0.1) is 7.11 Å². The minimum Gasteiger partial charge on any atom is -0.497 e. The number of benzene rings is 2. The molecule has 0 bridgehead atoms. The van der Waals surface area contributed by atoms with E-state index in [2.05, 4.69) is 67.3 Å². The molecule has 2 aromatic carbocycles. The molecule has 1 atom stereocenters. The average molecular weight is 309 g/mol. The van der Waals surface area contributed by atoms with Gasteiger partial charge in [-0.2, -0.15) is 0 Å². The lowest BCUT2D eigenvalue weighted by Gasteiger charge is -2.38. The Morgan fingerprint density at radius 3 is 2.61 bits per heavy atom. The summed E-state index contributed by atoms with van der Waals surface area (Å²) in [5, 5.41) is 0. The number of ether oxygens (including phenoxy) is 1. The van der Waals surface area contributed by atoms with Crippen molar-refractivity contribution in [1.82, 2.24) is 4.90 Å². The van der Waals surface area contributed by atoms with Gasteiger partial charge in [-0.15, -0.1) is 0 Å². The molecule has 2 nitrogen and oxygen atoms in total. The van der Waals surface area contributed by atoms with Crippen molar-refractivity contribution in [3.63, 3.8) is 0 Å². The maximum absolute atomic E-state index is 5.47. The standard InChI is InChI=1S/C21H27NO/c1-16(2)22(15-17-8-5-4-6-9-17)21-11-7-10-18-12-13-19(23-3)14-20(18)21/h4-6,8-9,12-14,16,21H,7,10-11,15H2,1-3H3. The number of hydrogen-bond acceptors (Lipinski definition) is 2. The average Bonchev–Trinajstić information content (AvgIpc) is 2.59. The molecule has 0 saturated carbocycles. The molecule has 2 heteroatoms. The highest BCUT2D eigenvalue weighted by atomic mass is 16.5. The Morgan fingerprint density at radius 2 is 1.91 bits per heavy atom. The second-order valence-corrected chi connectivity index (χ2v) is 6.72. The molecule has 0 N–H and O–H groups in total. The molecular formula is C21H27NO. The Bertz CT molecular complexity index is 636. The Kier molecular flexibility index (Phi) is 5.02. The van der Waals surface area contributed by atoms with E-state index in [1.54, 1.807) is 7.11 Å². The highest BCUT2D eigenvalue weighted by Crippen LogP contribution is 2.38. The predicted octanol–water partition coefficient (Wildman–Crippen LogP) is 4.98. The van der Waals surface area contributed by atoms with E-state index < -0.39 is 0 Å². The van der Waals surface area contributed by atoms with Crippen LogP contribution in [-0.4, -0.2) is 18.1 Å². The SMILES string of the molecule is COc1ccc2c(c1)C(N(Cc1ccccc1)C(C)C)CCC2. The Balaban J connectivity index is 1.92. The summed E-state index contributed by atoms with van der Waals surface area (Å²) in [6.45, 7) is 5.61. The van der Waals surface area contributed by atoms with Crippen LogP contribution >= 0.6 is 0 Å². The smallest absolute Gasteiger partial charge is 0.119 e. The van der Waals surface area contributed by atoms with Crippen LogP contribution in [0.5, 0.6) is 5.75 Å². The van der Waals surface area contributed by atoms with E-state index in [1.807, 2.05) is 0 Å². The summed E-state index contributed by atoms with van der Waals surface area (Å²) in [6, 6.07) is 18.4. The maximum atomic E-state index is 5.47. The molecule has 3 rings (SSSR count). The van der Waals surface area contributed by atoms with Crippen molar-refractivity contribution in [2.75, 3.05) is 7.11 Å². The number of hydrogen-bond donors (Lipinski definition) is 0. The molecule has 0 spiro atoms. The third-order valence-electron chi connectivity index (χ3n) is 4.91. The first kappa shape index (κ1) is 16.1. The highest BCUT2D eigenvalue weighted by Gasteiger charge is 2.28. The van der Waals surface area contributed by atoms with E-state index in [4.69, 9.17) is 4.74 Å². The van der Waals surface area contributed by atoms with Gasteiger partial charge in [-0.25, -0.2) is 0 Å². The van der Waals surface area contributed by atoms with Gasteiger partial charge in [0.15, 0.2) is 0 Å². The fourth-order valence-electron chi connectivity index (χ4n) is 3.67. The molecule has 122 valence electrons. The van der Waals surface area contributed by atoms with Gasteiger partial charge in [-0.1, -0.05) is 36.4 Å². The minimum atomic E-state index is 0.481. The van der Waals surface area contributed by atoms with Crippen LogP contribution in [0.25, 0.3) is 0 Å². The van der Waals surface area contributed by atoms with Crippen LogP contribution in [0.1, 0.15) is 49.4 Å². The molecule has 0 fully saturated rings. The van der Waals surface area contributed by atoms with Crippen LogP contribution < -0.4 is 4.74 Å². The molecule has 23 heavy (non-hydrogen) atoms. The first-order valence-electron chi connectivity index (χ1n) is 8.65. The highest BCUT2D eigenvalue weighted by molar-refractivity contribution is 5.39. The van der Waals surface area contributed by atoms with E-state index >= 15 is 0 Å².